The van der Waals surface area contributed by atoms with Gasteiger partial charge >= 0.3 is 11.9 Å². The molecule has 7 aromatic carbocycles. The van der Waals surface area contributed by atoms with Crippen LogP contribution >= 0.6 is 0 Å². The van der Waals surface area contributed by atoms with Gasteiger partial charge in [0, 0.05) is 46.9 Å². The molecule has 0 unspecified atom stereocenters. The van der Waals surface area contributed by atoms with Crippen LogP contribution in [0.1, 0.15) is 92.6 Å². The number of aromatic hydroxyl groups is 2. The third kappa shape index (κ3) is 9.42. The molecule has 362 valence electrons. The first-order valence-electron chi connectivity index (χ1n) is 24.8. The van der Waals surface area contributed by atoms with Crippen LogP contribution in [0.2, 0.25) is 0 Å². The maximum Gasteiger partial charge on any atom is 0.339 e. The van der Waals surface area contributed by atoms with E-state index in [9.17, 15) is 30.0 Å². The Morgan fingerprint density at radius 1 is 0.700 bits per heavy atom. The largest absolute Gasteiger partial charge is 0.507 e. The molecule has 2 aliphatic carbocycles. The predicted molar refractivity (Wildman–Crippen MR) is 280 cm³/mol. The second-order valence-corrected chi connectivity index (χ2v) is 19.8. The third-order valence-electron chi connectivity index (χ3n) is 15.6. The highest BCUT2D eigenvalue weighted by Crippen LogP contribution is 2.56. The van der Waals surface area contributed by atoms with Crippen molar-refractivity contribution in [2.45, 2.75) is 75.7 Å². The van der Waals surface area contributed by atoms with E-state index in [2.05, 4.69) is 103 Å². The lowest BCUT2D eigenvalue weighted by molar-refractivity contribution is 0.00274. The van der Waals surface area contributed by atoms with E-state index < -0.39 is 23.4 Å². The molecule has 1 saturated carbocycles. The number of likely N-dealkylation sites (tertiary alicyclic amines) is 1. The van der Waals surface area contributed by atoms with Crippen molar-refractivity contribution in [3.63, 3.8) is 0 Å². The van der Waals surface area contributed by atoms with E-state index in [1.807, 2.05) is 0 Å². The molecule has 2 bridgehead atoms. The van der Waals surface area contributed by atoms with Crippen LogP contribution in [0.5, 0.6) is 17.2 Å². The summed E-state index contributed by atoms with van der Waals surface area (Å²) in [5.74, 6) is -1.44. The molecule has 2 fully saturated rings. The summed E-state index contributed by atoms with van der Waals surface area (Å²) < 4.78 is 5.51. The molecule has 4 N–H and O–H groups in total. The van der Waals surface area contributed by atoms with Crippen molar-refractivity contribution in [1.82, 2.24) is 9.80 Å². The maximum absolute atomic E-state index is 11.6. The van der Waals surface area contributed by atoms with Crippen LogP contribution in [0.15, 0.2) is 127 Å². The highest BCUT2D eigenvalue weighted by molar-refractivity contribution is 6.02. The molecule has 2 heterocycles. The van der Waals surface area contributed by atoms with Crippen molar-refractivity contribution in [2.75, 3.05) is 52.8 Å². The van der Waals surface area contributed by atoms with Crippen molar-refractivity contribution < 1.29 is 34.8 Å². The second-order valence-electron chi connectivity index (χ2n) is 19.8. The molecular formula is C60H65N3O7. The van der Waals surface area contributed by atoms with Crippen molar-refractivity contribution in [3.8, 4) is 17.2 Å². The zero-order chi connectivity index (χ0) is 49.1. The molecule has 0 amide bonds. The molecule has 70 heavy (non-hydrogen) atoms. The Hall–Kier alpha value is -6.88. The van der Waals surface area contributed by atoms with Crippen molar-refractivity contribution in [1.29, 1.82) is 0 Å². The molecule has 1 saturated heterocycles. The summed E-state index contributed by atoms with van der Waals surface area (Å²) >= 11 is 0. The number of anilines is 2. The van der Waals surface area contributed by atoms with E-state index in [-0.39, 0.29) is 17.5 Å². The molecular weight excluding hydrogens is 875 g/mol. The number of carboxylic acids is 2. The first-order valence-corrected chi connectivity index (χ1v) is 24.8. The van der Waals surface area contributed by atoms with Crippen LogP contribution < -0.4 is 9.64 Å². The summed E-state index contributed by atoms with van der Waals surface area (Å²) in [4.78, 5) is 30.6. The minimum atomic E-state index is -1.28. The van der Waals surface area contributed by atoms with Gasteiger partial charge in [-0.15, -0.1) is 0 Å². The predicted octanol–water partition coefficient (Wildman–Crippen LogP) is 11.6. The van der Waals surface area contributed by atoms with Crippen LogP contribution in [-0.4, -0.2) is 96.1 Å². The summed E-state index contributed by atoms with van der Waals surface area (Å²) in [5.41, 5.74) is 9.50. The van der Waals surface area contributed by atoms with Crippen LogP contribution in [0.3, 0.4) is 0 Å². The van der Waals surface area contributed by atoms with E-state index in [0.29, 0.717) is 38.1 Å². The zero-order valence-corrected chi connectivity index (χ0v) is 40.8. The lowest BCUT2D eigenvalue weighted by Crippen LogP contribution is -2.59. The maximum atomic E-state index is 11.6. The quantitative estimate of drug-likeness (QED) is 0.111. The fourth-order valence-electron chi connectivity index (χ4n) is 12.1. The van der Waals surface area contributed by atoms with Gasteiger partial charge in [0.25, 0.3) is 0 Å². The number of rotatable bonds is 9. The van der Waals surface area contributed by atoms with Crippen LogP contribution in [0, 0.1) is 5.92 Å². The highest BCUT2D eigenvalue weighted by atomic mass is 16.5. The number of carbonyl (C=O) groups is 2. The number of benzene rings is 7. The Bertz CT molecular complexity index is 2910. The summed E-state index contributed by atoms with van der Waals surface area (Å²) in [7, 11) is 8.41. The average molecular weight is 940 g/mol. The number of likely N-dealkylation sites (N-methyl/N-ethyl adjacent to an activating group) is 1. The molecule has 4 aliphatic rings. The number of carboxylic acid groups (broad SMARTS) is 2. The number of fused-ring (bicyclic) bond motifs is 5. The van der Waals surface area contributed by atoms with E-state index in [4.69, 9.17) is 4.74 Å². The Morgan fingerprint density at radius 3 is 1.81 bits per heavy atom. The van der Waals surface area contributed by atoms with E-state index in [1.54, 1.807) is 66.8 Å². The first-order chi connectivity index (χ1) is 33.9. The molecule has 7 aromatic rings. The monoisotopic (exact) mass is 939 g/mol. The molecule has 10 heteroatoms. The number of hydrogen-bond donors (Lipinski definition) is 4. The van der Waals surface area contributed by atoms with Crippen molar-refractivity contribution in [2.24, 2.45) is 5.92 Å². The summed E-state index contributed by atoms with van der Waals surface area (Å²) in [6.07, 6.45) is 11.6. The molecule has 3 atom stereocenters. The minimum Gasteiger partial charge on any atom is -0.507 e. The third-order valence-corrected chi connectivity index (χ3v) is 15.6. The fraction of sp³-hybridized carbons (Fsp3) is 0.333. The van der Waals surface area contributed by atoms with Gasteiger partial charge < -0.3 is 39.9 Å². The lowest BCUT2D eigenvalue weighted by Gasteiger charge is -2.58. The number of nitrogens with zero attached hydrogens (tertiary/aromatic N) is 3. The summed E-state index contributed by atoms with van der Waals surface area (Å²) in [5, 5.41) is 42.8. The first kappa shape index (κ1) is 48.2. The van der Waals surface area contributed by atoms with Crippen molar-refractivity contribution >= 4 is 44.9 Å². The van der Waals surface area contributed by atoms with Gasteiger partial charge in [-0.25, -0.2) is 9.59 Å². The lowest BCUT2D eigenvalue weighted by atomic mass is 9.52. The Balaban J connectivity index is 0.000000133. The van der Waals surface area contributed by atoms with Gasteiger partial charge in [-0.3, -0.25) is 0 Å². The van der Waals surface area contributed by atoms with Gasteiger partial charge in [-0.2, -0.15) is 0 Å². The number of piperidine rings is 1. The molecule has 10 nitrogen and oxygen atoms in total. The molecule has 0 radical (unpaired) electrons. The van der Waals surface area contributed by atoms with Gasteiger partial charge in [0.15, 0.2) is 0 Å². The van der Waals surface area contributed by atoms with Gasteiger partial charge in [-0.05, 0) is 165 Å². The second kappa shape index (κ2) is 20.6. The summed E-state index contributed by atoms with van der Waals surface area (Å²) in [6, 6.07) is 42.1. The summed E-state index contributed by atoms with van der Waals surface area (Å²) in [6.45, 7) is 3.46. The number of methoxy groups -OCH3 is 1. The molecule has 2 aliphatic heterocycles. The van der Waals surface area contributed by atoms with Crippen LogP contribution in [-0.2, 0) is 31.1 Å². The SMILES string of the molecule is CN(C)CCCN1c2ccccc2CCc2ccccc21.COc1ccc2c(c1)[C@]13CCCC[C@@H]1[C@H](C2)N(C)CC3.O=C(O)c1cc2ccccc2c(Cc2c(O)c(C(=O)O)cc3ccccc23)c1O. The number of aromatic carboxylic acids is 2. The van der Waals surface area contributed by atoms with Crippen LogP contribution in [0.25, 0.3) is 21.5 Å². The van der Waals surface area contributed by atoms with Gasteiger partial charge in [0.1, 0.15) is 28.4 Å². The van der Waals surface area contributed by atoms with E-state index in [0.717, 1.165) is 43.6 Å². The topological polar surface area (TPSA) is 134 Å². The molecule has 11 rings (SSSR count). The molecule has 0 aromatic heterocycles. The number of hydrogen-bond acceptors (Lipinski definition) is 8. The number of para-hydroxylation sites is 2. The van der Waals surface area contributed by atoms with E-state index in [1.165, 1.54) is 86.1 Å². The number of phenols is 2. The Labute approximate surface area is 411 Å². The van der Waals surface area contributed by atoms with Gasteiger partial charge in [-0.1, -0.05) is 104 Å². The minimum absolute atomic E-state index is 0.0407. The van der Waals surface area contributed by atoms with Crippen molar-refractivity contribution in [3.05, 3.63) is 172 Å². The van der Waals surface area contributed by atoms with E-state index >= 15 is 0 Å². The van der Waals surface area contributed by atoms with Gasteiger partial charge in [0.05, 0.1) is 7.11 Å². The highest BCUT2D eigenvalue weighted by Gasteiger charge is 2.53. The smallest absolute Gasteiger partial charge is 0.339 e. The fourth-order valence-corrected chi connectivity index (χ4v) is 12.1. The average Bonchev–Trinajstić information content (AvgIpc) is 3.53. The number of aryl methyl sites for hydroxylation is 2. The Morgan fingerprint density at radius 2 is 1.26 bits per heavy atom. The molecule has 0 spiro atoms. The number of ether oxygens (including phenoxy) is 1. The standard InChI is InChI=1S/C23H16O6.C19H24N2.C18H25NO/c24-20-16(14-7-3-1-5-12(14)9-18(20)22(26)27)11-17-15-8-4-2-6-13(15)10-19(21(17)25)23(28)29;1-20(2)14-7-15-21-18-10-5-3-8-16(18)12-13-17-9-4-6-11-19(17)21;1-19-10-9-18-8-4-3-5-15(18)17(19)11-13-6-7-14(20-2)12-16(13)18/h1-10,24-25H,11H2,(H,26,27)(H,28,29);3-6,8-11H,7,12-15H2,1-2H3;6-7,12,15,17H,3-5,8-11H2,1-2H3/t;;15-,17+,18+/m..1/s1. The zero-order valence-electron chi connectivity index (χ0n) is 40.8. The van der Waals surface area contributed by atoms with Gasteiger partial charge in [0.2, 0.25) is 0 Å². The Kier molecular flexibility index (Phi) is 14.2. The normalized spacial score (nSPS) is 19.0. The van der Waals surface area contributed by atoms with Crippen LogP contribution in [0.4, 0.5) is 11.4 Å².